The van der Waals surface area contributed by atoms with Gasteiger partial charge >= 0.3 is 0 Å². The molecule has 0 bridgehead atoms. The first kappa shape index (κ1) is 11.7. The normalized spacial score (nSPS) is 10.7. The van der Waals surface area contributed by atoms with Crippen molar-refractivity contribution < 1.29 is 4.39 Å². The molecule has 0 aliphatic rings. The van der Waals surface area contributed by atoms with Crippen LogP contribution >= 0.6 is 0 Å². The zero-order valence-electron chi connectivity index (χ0n) is 9.73. The Morgan fingerprint density at radius 3 is 2.71 bits per heavy atom. The number of nitrogens with zero attached hydrogens (tertiary/aromatic N) is 3. The lowest BCUT2D eigenvalue weighted by molar-refractivity contribution is 0.622. The molecule has 0 radical (unpaired) electrons. The van der Waals surface area contributed by atoms with E-state index in [0.29, 0.717) is 6.54 Å². The van der Waals surface area contributed by atoms with Crippen molar-refractivity contribution in [2.75, 3.05) is 6.54 Å². The molecule has 0 amide bonds. The maximum atomic E-state index is 12.7. The summed E-state index contributed by atoms with van der Waals surface area (Å²) in [6.07, 6.45) is 2.55. The highest BCUT2D eigenvalue weighted by Gasteiger charge is 1.99. The summed E-state index contributed by atoms with van der Waals surface area (Å²) in [5.74, 6) is 0.713. The molecule has 90 valence electrons. The van der Waals surface area contributed by atoms with Crippen molar-refractivity contribution in [1.82, 2.24) is 20.1 Å². The SMILES string of the molecule is Cn1cnnc1CNCCc1ccc(F)cc1. The second-order valence-corrected chi connectivity index (χ2v) is 3.91. The van der Waals surface area contributed by atoms with Gasteiger partial charge in [0.2, 0.25) is 0 Å². The summed E-state index contributed by atoms with van der Waals surface area (Å²) in [4.78, 5) is 0. The minimum absolute atomic E-state index is 0.194. The number of aryl methyl sites for hydroxylation is 1. The van der Waals surface area contributed by atoms with Crippen LogP contribution in [0.5, 0.6) is 0 Å². The molecule has 1 heterocycles. The highest BCUT2D eigenvalue weighted by molar-refractivity contribution is 5.16. The first-order valence-electron chi connectivity index (χ1n) is 5.54. The summed E-state index contributed by atoms with van der Waals surface area (Å²) in [5, 5.41) is 11.0. The molecule has 1 aromatic carbocycles. The Kier molecular flexibility index (Phi) is 3.82. The molecule has 2 aromatic rings. The molecular weight excluding hydrogens is 219 g/mol. The topological polar surface area (TPSA) is 42.7 Å². The molecular formula is C12H15FN4. The lowest BCUT2D eigenvalue weighted by Gasteiger charge is -2.04. The molecule has 0 spiro atoms. The van der Waals surface area contributed by atoms with E-state index in [4.69, 9.17) is 0 Å². The van der Waals surface area contributed by atoms with Crippen LogP contribution in [0.25, 0.3) is 0 Å². The van der Waals surface area contributed by atoms with E-state index in [1.54, 1.807) is 18.5 Å². The van der Waals surface area contributed by atoms with E-state index in [-0.39, 0.29) is 5.82 Å². The monoisotopic (exact) mass is 234 g/mol. The number of aromatic nitrogens is 3. The molecule has 1 aromatic heterocycles. The van der Waals surface area contributed by atoms with Gasteiger partial charge in [0.1, 0.15) is 18.0 Å². The fourth-order valence-corrected chi connectivity index (χ4v) is 1.55. The minimum atomic E-state index is -0.194. The number of hydrogen-bond donors (Lipinski definition) is 1. The Hall–Kier alpha value is -1.75. The van der Waals surface area contributed by atoms with E-state index in [1.807, 2.05) is 11.6 Å². The summed E-state index contributed by atoms with van der Waals surface area (Å²) in [6, 6.07) is 6.58. The molecule has 17 heavy (non-hydrogen) atoms. The van der Waals surface area contributed by atoms with Gasteiger partial charge in [0.05, 0.1) is 6.54 Å². The van der Waals surface area contributed by atoms with Crippen LogP contribution in [0.3, 0.4) is 0 Å². The van der Waals surface area contributed by atoms with E-state index in [1.165, 1.54) is 12.1 Å². The highest BCUT2D eigenvalue weighted by atomic mass is 19.1. The van der Waals surface area contributed by atoms with Crippen molar-refractivity contribution in [3.8, 4) is 0 Å². The van der Waals surface area contributed by atoms with Crippen LogP contribution in [0.15, 0.2) is 30.6 Å². The molecule has 5 heteroatoms. The van der Waals surface area contributed by atoms with Gasteiger partial charge in [0.15, 0.2) is 0 Å². The van der Waals surface area contributed by atoms with Gasteiger partial charge < -0.3 is 9.88 Å². The average molecular weight is 234 g/mol. The lowest BCUT2D eigenvalue weighted by Crippen LogP contribution is -2.19. The van der Waals surface area contributed by atoms with Crippen molar-refractivity contribution in [3.05, 3.63) is 47.8 Å². The van der Waals surface area contributed by atoms with Crippen LogP contribution in [0.1, 0.15) is 11.4 Å². The number of halogens is 1. The van der Waals surface area contributed by atoms with Crippen LogP contribution in [-0.4, -0.2) is 21.3 Å². The average Bonchev–Trinajstić information content (AvgIpc) is 2.73. The van der Waals surface area contributed by atoms with Gasteiger partial charge in [0, 0.05) is 7.05 Å². The molecule has 0 unspecified atom stereocenters. The summed E-state index contributed by atoms with van der Waals surface area (Å²) in [5.41, 5.74) is 1.12. The van der Waals surface area contributed by atoms with Gasteiger partial charge in [-0.1, -0.05) is 12.1 Å². The third-order valence-corrected chi connectivity index (χ3v) is 2.59. The molecule has 0 saturated heterocycles. The van der Waals surface area contributed by atoms with Gasteiger partial charge in [-0.25, -0.2) is 4.39 Å². The van der Waals surface area contributed by atoms with Gasteiger partial charge in [0.25, 0.3) is 0 Å². The number of nitrogens with one attached hydrogen (secondary N) is 1. The maximum absolute atomic E-state index is 12.7. The fraction of sp³-hybridized carbons (Fsp3) is 0.333. The summed E-state index contributed by atoms with van der Waals surface area (Å²) < 4.78 is 14.6. The molecule has 0 saturated carbocycles. The van der Waals surface area contributed by atoms with E-state index in [9.17, 15) is 4.39 Å². The molecule has 1 N–H and O–H groups in total. The summed E-state index contributed by atoms with van der Waals surface area (Å²) in [7, 11) is 1.91. The lowest BCUT2D eigenvalue weighted by atomic mass is 10.1. The highest BCUT2D eigenvalue weighted by Crippen LogP contribution is 2.02. The quantitative estimate of drug-likeness (QED) is 0.793. The second-order valence-electron chi connectivity index (χ2n) is 3.91. The molecule has 0 fully saturated rings. The van der Waals surface area contributed by atoms with Crippen molar-refractivity contribution in [2.24, 2.45) is 7.05 Å². The van der Waals surface area contributed by atoms with E-state index in [2.05, 4.69) is 15.5 Å². The fourth-order valence-electron chi connectivity index (χ4n) is 1.55. The Bertz CT molecular complexity index is 464. The first-order chi connectivity index (χ1) is 8.25. The Morgan fingerprint density at radius 1 is 1.29 bits per heavy atom. The molecule has 0 aliphatic heterocycles. The van der Waals surface area contributed by atoms with Gasteiger partial charge in [-0.05, 0) is 30.7 Å². The smallest absolute Gasteiger partial charge is 0.146 e. The van der Waals surface area contributed by atoms with Gasteiger partial charge in [-0.15, -0.1) is 10.2 Å². The Balaban J connectivity index is 1.73. The summed E-state index contributed by atoms with van der Waals surface area (Å²) >= 11 is 0. The molecule has 2 rings (SSSR count). The van der Waals surface area contributed by atoms with Crippen molar-refractivity contribution in [2.45, 2.75) is 13.0 Å². The summed E-state index contributed by atoms with van der Waals surface area (Å²) in [6.45, 7) is 1.52. The Labute approximate surface area is 99.5 Å². The van der Waals surface area contributed by atoms with E-state index < -0.39 is 0 Å². The van der Waals surface area contributed by atoms with Gasteiger partial charge in [-0.3, -0.25) is 0 Å². The van der Waals surface area contributed by atoms with Crippen molar-refractivity contribution in [1.29, 1.82) is 0 Å². The molecule has 0 atom stereocenters. The van der Waals surface area contributed by atoms with Crippen LogP contribution in [0.2, 0.25) is 0 Å². The standard InChI is InChI=1S/C12H15FN4/c1-17-9-15-16-12(17)8-14-7-6-10-2-4-11(13)5-3-10/h2-5,9,14H,6-8H2,1H3. The van der Waals surface area contributed by atoms with E-state index in [0.717, 1.165) is 24.4 Å². The maximum Gasteiger partial charge on any atom is 0.146 e. The first-order valence-corrected chi connectivity index (χ1v) is 5.54. The largest absolute Gasteiger partial charge is 0.320 e. The third-order valence-electron chi connectivity index (χ3n) is 2.59. The number of rotatable bonds is 5. The second kappa shape index (κ2) is 5.54. The van der Waals surface area contributed by atoms with Crippen LogP contribution in [0, 0.1) is 5.82 Å². The minimum Gasteiger partial charge on any atom is -0.320 e. The predicted octanol–water partition coefficient (Wildman–Crippen LogP) is 1.29. The van der Waals surface area contributed by atoms with Crippen molar-refractivity contribution >= 4 is 0 Å². The molecule has 0 aliphatic carbocycles. The van der Waals surface area contributed by atoms with Crippen LogP contribution in [0.4, 0.5) is 4.39 Å². The van der Waals surface area contributed by atoms with Crippen LogP contribution in [-0.2, 0) is 20.0 Å². The third kappa shape index (κ3) is 3.35. The Morgan fingerprint density at radius 2 is 2.06 bits per heavy atom. The van der Waals surface area contributed by atoms with Crippen molar-refractivity contribution in [3.63, 3.8) is 0 Å². The van der Waals surface area contributed by atoms with E-state index >= 15 is 0 Å². The molecule has 4 nitrogen and oxygen atoms in total. The zero-order valence-corrected chi connectivity index (χ0v) is 9.73. The van der Waals surface area contributed by atoms with Gasteiger partial charge in [-0.2, -0.15) is 0 Å². The predicted molar refractivity (Wildman–Crippen MR) is 62.8 cm³/mol. The zero-order chi connectivity index (χ0) is 12.1. The van der Waals surface area contributed by atoms with Crippen LogP contribution < -0.4 is 5.32 Å². The number of benzene rings is 1. The number of hydrogen-bond acceptors (Lipinski definition) is 3.